The second-order valence-corrected chi connectivity index (χ2v) is 8.88. The van der Waals surface area contributed by atoms with E-state index >= 15 is 0 Å². The molecular formula is C34H26N2. The zero-order valence-corrected chi connectivity index (χ0v) is 20.0. The Morgan fingerprint density at radius 3 is 2.17 bits per heavy atom. The number of hydrogen-bond acceptors (Lipinski definition) is 2. The van der Waals surface area contributed by atoms with Gasteiger partial charge in [-0.2, -0.15) is 5.26 Å². The van der Waals surface area contributed by atoms with Crippen LogP contribution in [0.2, 0.25) is 0 Å². The van der Waals surface area contributed by atoms with E-state index in [2.05, 4.69) is 121 Å². The van der Waals surface area contributed by atoms with E-state index in [1.165, 1.54) is 16.7 Å². The van der Waals surface area contributed by atoms with E-state index in [0.717, 1.165) is 27.8 Å². The Labute approximate surface area is 212 Å². The predicted molar refractivity (Wildman–Crippen MR) is 151 cm³/mol. The number of nitriles is 1. The zero-order valence-electron chi connectivity index (χ0n) is 20.0. The van der Waals surface area contributed by atoms with E-state index in [1.54, 1.807) is 0 Å². The summed E-state index contributed by atoms with van der Waals surface area (Å²) in [5.74, 6) is 0.103. The normalized spacial score (nSPS) is 14.8. The Kier molecular flexibility index (Phi) is 6.83. The van der Waals surface area contributed by atoms with Crippen molar-refractivity contribution in [1.29, 1.82) is 5.26 Å². The van der Waals surface area contributed by atoms with Gasteiger partial charge in [0.1, 0.15) is 0 Å². The lowest BCUT2D eigenvalue weighted by Crippen LogP contribution is -1.93. The number of allylic oxidation sites excluding steroid dienone is 6. The van der Waals surface area contributed by atoms with Crippen LogP contribution in [-0.2, 0) is 6.54 Å². The first-order valence-electron chi connectivity index (χ1n) is 12.0. The summed E-state index contributed by atoms with van der Waals surface area (Å²) in [6, 6.07) is 37.9. The maximum atomic E-state index is 9.60. The van der Waals surface area contributed by atoms with Gasteiger partial charge in [0.15, 0.2) is 0 Å². The van der Waals surface area contributed by atoms with Crippen molar-refractivity contribution in [2.24, 2.45) is 4.99 Å². The van der Waals surface area contributed by atoms with Gasteiger partial charge in [0, 0.05) is 5.92 Å². The van der Waals surface area contributed by atoms with Gasteiger partial charge in [0.2, 0.25) is 0 Å². The van der Waals surface area contributed by atoms with Gasteiger partial charge in [-0.15, -0.1) is 0 Å². The minimum Gasteiger partial charge on any atom is -0.296 e. The Morgan fingerprint density at radius 1 is 0.722 bits per heavy atom. The second kappa shape index (κ2) is 10.7. The van der Waals surface area contributed by atoms with Gasteiger partial charge in [-0.25, -0.2) is 0 Å². The van der Waals surface area contributed by atoms with Gasteiger partial charge in [-0.3, -0.25) is 4.99 Å². The quantitative estimate of drug-likeness (QED) is 0.266. The standard InChI is InChI=1S/C34H26N2/c1-36-24-26-17-25(23-35)18-33(19-26)32-16-15-31(21-34(22-32)28-11-6-3-7-12-28)30-14-8-13-29(20-30)27-9-4-2-5-10-27/h2-22,31H,1,24H2. The van der Waals surface area contributed by atoms with Crippen molar-refractivity contribution in [2.45, 2.75) is 12.5 Å². The number of nitrogens with zero attached hydrogens (tertiary/aromatic N) is 2. The molecule has 1 unspecified atom stereocenters. The van der Waals surface area contributed by atoms with Gasteiger partial charge < -0.3 is 0 Å². The van der Waals surface area contributed by atoms with Gasteiger partial charge in [-0.05, 0) is 75.5 Å². The molecule has 172 valence electrons. The molecule has 0 saturated carbocycles. The first-order valence-corrected chi connectivity index (χ1v) is 12.0. The molecule has 1 aliphatic rings. The van der Waals surface area contributed by atoms with E-state index in [0.29, 0.717) is 12.1 Å². The monoisotopic (exact) mass is 462 g/mol. The van der Waals surface area contributed by atoms with Crippen molar-refractivity contribution in [3.05, 3.63) is 155 Å². The minimum absolute atomic E-state index is 0.103. The largest absolute Gasteiger partial charge is 0.296 e. The van der Waals surface area contributed by atoms with Gasteiger partial charge in [0.25, 0.3) is 0 Å². The molecule has 36 heavy (non-hydrogen) atoms. The summed E-state index contributed by atoms with van der Waals surface area (Å²) >= 11 is 0. The van der Waals surface area contributed by atoms with E-state index in [4.69, 9.17) is 0 Å². The maximum Gasteiger partial charge on any atom is 0.0991 e. The lowest BCUT2D eigenvalue weighted by atomic mass is 9.92. The molecule has 5 rings (SSSR count). The topological polar surface area (TPSA) is 36.1 Å². The number of rotatable bonds is 6. The molecular weight excluding hydrogens is 436 g/mol. The first-order chi connectivity index (χ1) is 17.7. The fourth-order valence-corrected chi connectivity index (χ4v) is 4.62. The Hall–Kier alpha value is -4.74. The molecule has 0 aliphatic heterocycles. The fraction of sp³-hybridized carbons (Fsp3) is 0.0588. The van der Waals surface area contributed by atoms with Crippen LogP contribution < -0.4 is 0 Å². The van der Waals surface area contributed by atoms with Gasteiger partial charge in [-0.1, -0.05) is 103 Å². The van der Waals surface area contributed by atoms with Crippen LogP contribution in [0.5, 0.6) is 0 Å². The zero-order chi connectivity index (χ0) is 24.7. The summed E-state index contributed by atoms with van der Waals surface area (Å²) in [5.41, 5.74) is 9.63. The Bertz CT molecular complexity index is 1520. The van der Waals surface area contributed by atoms with Crippen LogP contribution in [0.15, 0.2) is 132 Å². The molecule has 0 amide bonds. The molecule has 0 N–H and O–H groups in total. The van der Waals surface area contributed by atoms with Gasteiger partial charge in [0.05, 0.1) is 18.2 Å². The lowest BCUT2D eigenvalue weighted by molar-refractivity contribution is 1.08. The van der Waals surface area contributed by atoms with E-state index in [-0.39, 0.29) is 5.92 Å². The molecule has 0 fully saturated rings. The highest BCUT2D eigenvalue weighted by molar-refractivity contribution is 5.89. The van der Waals surface area contributed by atoms with Crippen molar-refractivity contribution < 1.29 is 0 Å². The first kappa shape index (κ1) is 23.0. The molecule has 4 aromatic rings. The molecule has 0 bridgehead atoms. The third kappa shape index (κ3) is 5.17. The highest BCUT2D eigenvalue weighted by atomic mass is 14.7. The van der Waals surface area contributed by atoms with E-state index < -0.39 is 0 Å². The summed E-state index contributed by atoms with van der Waals surface area (Å²) in [4.78, 5) is 4.03. The summed E-state index contributed by atoms with van der Waals surface area (Å²) in [6.45, 7) is 4.10. The summed E-state index contributed by atoms with van der Waals surface area (Å²) < 4.78 is 0. The van der Waals surface area contributed by atoms with Crippen LogP contribution in [-0.4, -0.2) is 6.72 Å². The highest BCUT2D eigenvalue weighted by Gasteiger charge is 2.14. The third-order valence-electron chi connectivity index (χ3n) is 6.39. The lowest BCUT2D eigenvalue weighted by Gasteiger charge is -2.12. The van der Waals surface area contributed by atoms with Crippen molar-refractivity contribution in [1.82, 2.24) is 0 Å². The molecule has 0 radical (unpaired) electrons. The predicted octanol–water partition coefficient (Wildman–Crippen LogP) is 8.25. The fourth-order valence-electron chi connectivity index (χ4n) is 4.62. The van der Waals surface area contributed by atoms with Crippen LogP contribution in [0.3, 0.4) is 0 Å². The molecule has 0 heterocycles. The smallest absolute Gasteiger partial charge is 0.0991 e. The molecule has 0 saturated heterocycles. The minimum atomic E-state index is 0.103. The average Bonchev–Trinajstić information content (AvgIpc) is 3.18. The highest BCUT2D eigenvalue weighted by Crippen LogP contribution is 2.34. The van der Waals surface area contributed by atoms with Crippen molar-refractivity contribution in [3.8, 4) is 17.2 Å². The third-order valence-corrected chi connectivity index (χ3v) is 6.39. The SMILES string of the molecule is C=NCc1cc(C#N)cc(C2=CC(c3ccccc3)=CC(c3cccc(-c4ccccc4)c3)C=C2)c1. The summed E-state index contributed by atoms with van der Waals surface area (Å²) in [5, 5.41) is 9.60. The molecule has 1 aliphatic carbocycles. The van der Waals surface area contributed by atoms with Crippen molar-refractivity contribution >= 4 is 17.9 Å². The van der Waals surface area contributed by atoms with Crippen molar-refractivity contribution in [3.63, 3.8) is 0 Å². The van der Waals surface area contributed by atoms with Crippen molar-refractivity contribution in [2.75, 3.05) is 0 Å². The van der Waals surface area contributed by atoms with Crippen LogP contribution in [0.4, 0.5) is 0 Å². The second-order valence-electron chi connectivity index (χ2n) is 8.88. The average molecular weight is 463 g/mol. The van der Waals surface area contributed by atoms with Crippen LogP contribution in [0.25, 0.3) is 22.3 Å². The Balaban J connectivity index is 1.60. The molecule has 4 aromatic carbocycles. The number of hydrogen-bond donors (Lipinski definition) is 0. The number of benzene rings is 4. The van der Waals surface area contributed by atoms with Gasteiger partial charge >= 0.3 is 0 Å². The molecule has 0 aromatic heterocycles. The molecule has 0 spiro atoms. The Morgan fingerprint density at radius 2 is 1.44 bits per heavy atom. The van der Waals surface area contributed by atoms with E-state index in [1.807, 2.05) is 24.3 Å². The maximum absolute atomic E-state index is 9.60. The summed E-state index contributed by atoms with van der Waals surface area (Å²) in [6.07, 6.45) is 8.96. The molecule has 2 heteroatoms. The molecule has 2 nitrogen and oxygen atoms in total. The van der Waals surface area contributed by atoms with Crippen LogP contribution in [0.1, 0.15) is 33.7 Å². The molecule has 1 atom stereocenters. The number of aliphatic imine (C=N–C) groups is 1. The van der Waals surface area contributed by atoms with Crippen LogP contribution >= 0.6 is 0 Å². The van der Waals surface area contributed by atoms with Crippen LogP contribution in [0, 0.1) is 11.3 Å². The van der Waals surface area contributed by atoms with E-state index in [9.17, 15) is 5.26 Å². The summed E-state index contributed by atoms with van der Waals surface area (Å²) in [7, 11) is 0.